The first-order valence-corrected chi connectivity index (χ1v) is 7.24. The molecule has 0 aliphatic heterocycles. The molecule has 106 valence electrons. The van der Waals surface area contributed by atoms with Gasteiger partial charge in [-0.25, -0.2) is 4.98 Å². The first kappa shape index (κ1) is 14.5. The maximum absolute atomic E-state index is 12.0. The molecule has 0 aromatic carbocycles. The molecule has 0 saturated carbocycles. The molecule has 0 aliphatic rings. The normalized spacial score (nSPS) is 12.2. The Bertz CT molecular complexity index is 662. The van der Waals surface area contributed by atoms with E-state index in [1.54, 1.807) is 25.2 Å². The molecular weight excluding hydrogens is 274 g/mol. The number of amides is 1. The van der Waals surface area contributed by atoms with Crippen molar-refractivity contribution in [2.75, 3.05) is 0 Å². The number of carbonyl (C=O) groups is 1. The number of hydrogen-bond donors (Lipinski definition) is 2. The van der Waals surface area contributed by atoms with Gasteiger partial charge in [-0.2, -0.15) is 0 Å². The van der Waals surface area contributed by atoms with Gasteiger partial charge >= 0.3 is 0 Å². The summed E-state index contributed by atoms with van der Waals surface area (Å²) in [5, 5.41) is 4.86. The molecule has 6 heteroatoms. The summed E-state index contributed by atoms with van der Waals surface area (Å²) in [6.45, 7) is 5.39. The molecule has 0 spiro atoms. The first-order chi connectivity index (χ1) is 9.47. The van der Waals surface area contributed by atoms with Gasteiger partial charge in [0.2, 0.25) is 5.91 Å². The maximum atomic E-state index is 12.0. The molecule has 0 aliphatic carbocycles. The lowest BCUT2D eigenvalue weighted by Gasteiger charge is -2.12. The van der Waals surface area contributed by atoms with E-state index in [4.69, 9.17) is 0 Å². The Morgan fingerprint density at radius 2 is 2.25 bits per heavy atom. The number of thiophene rings is 1. The van der Waals surface area contributed by atoms with E-state index in [1.807, 2.05) is 24.4 Å². The molecule has 2 aromatic rings. The summed E-state index contributed by atoms with van der Waals surface area (Å²) < 4.78 is 0. The van der Waals surface area contributed by atoms with Gasteiger partial charge in [0.05, 0.1) is 12.5 Å². The minimum absolute atomic E-state index is 0.0458. The van der Waals surface area contributed by atoms with Gasteiger partial charge in [0.15, 0.2) is 0 Å². The zero-order valence-electron chi connectivity index (χ0n) is 11.7. The molecule has 5 nitrogen and oxygen atoms in total. The molecule has 0 saturated heterocycles. The standard InChI is InChI=1S/C14H17N3O2S/c1-8-11(14(19)17-10(3)15-8)7-13(18)16-9(2)12-5-4-6-20-12/h4-6,9H,7H2,1-3H3,(H,16,18)(H,15,17,19)/t9-/m1/s1. The number of rotatable bonds is 4. The first-order valence-electron chi connectivity index (χ1n) is 6.36. The Labute approximate surface area is 121 Å². The van der Waals surface area contributed by atoms with E-state index < -0.39 is 0 Å². The lowest BCUT2D eigenvalue weighted by Crippen LogP contribution is -2.30. The number of hydrogen-bond acceptors (Lipinski definition) is 4. The Morgan fingerprint density at radius 1 is 1.50 bits per heavy atom. The van der Waals surface area contributed by atoms with E-state index in [0.717, 1.165) is 4.88 Å². The third-order valence-electron chi connectivity index (χ3n) is 3.03. The molecule has 2 heterocycles. The Morgan fingerprint density at radius 3 is 2.85 bits per heavy atom. The van der Waals surface area contributed by atoms with Crippen LogP contribution >= 0.6 is 11.3 Å². The van der Waals surface area contributed by atoms with Crippen LogP contribution in [0.15, 0.2) is 22.3 Å². The summed E-state index contributed by atoms with van der Waals surface area (Å²) in [5.41, 5.74) is 0.783. The molecule has 2 rings (SSSR count). The lowest BCUT2D eigenvalue weighted by atomic mass is 10.1. The third-order valence-corrected chi connectivity index (χ3v) is 4.08. The van der Waals surface area contributed by atoms with Crippen molar-refractivity contribution in [3.8, 4) is 0 Å². The van der Waals surface area contributed by atoms with Crippen molar-refractivity contribution < 1.29 is 4.79 Å². The fraction of sp³-hybridized carbons (Fsp3) is 0.357. The highest BCUT2D eigenvalue weighted by Crippen LogP contribution is 2.18. The van der Waals surface area contributed by atoms with E-state index in [0.29, 0.717) is 17.1 Å². The fourth-order valence-corrected chi connectivity index (χ4v) is 2.76. The van der Waals surface area contributed by atoms with Gasteiger partial charge in [0, 0.05) is 16.1 Å². The van der Waals surface area contributed by atoms with Crippen molar-refractivity contribution in [1.29, 1.82) is 0 Å². The minimum Gasteiger partial charge on any atom is -0.348 e. The molecule has 0 bridgehead atoms. The van der Waals surface area contributed by atoms with Crippen LogP contribution in [0.2, 0.25) is 0 Å². The number of nitrogens with one attached hydrogen (secondary N) is 2. The molecule has 1 atom stereocenters. The minimum atomic E-state index is -0.242. The van der Waals surface area contributed by atoms with Gasteiger partial charge in [-0.3, -0.25) is 9.59 Å². The van der Waals surface area contributed by atoms with E-state index in [1.165, 1.54) is 0 Å². The molecular formula is C14H17N3O2S. The highest BCUT2D eigenvalue weighted by molar-refractivity contribution is 7.10. The van der Waals surface area contributed by atoms with E-state index in [9.17, 15) is 9.59 Å². The van der Waals surface area contributed by atoms with Crippen LogP contribution < -0.4 is 10.9 Å². The van der Waals surface area contributed by atoms with Gasteiger partial charge in [-0.1, -0.05) is 6.07 Å². The van der Waals surface area contributed by atoms with Crippen molar-refractivity contribution in [3.05, 3.63) is 49.8 Å². The number of aromatic amines is 1. The van der Waals surface area contributed by atoms with Crippen molar-refractivity contribution in [1.82, 2.24) is 15.3 Å². The smallest absolute Gasteiger partial charge is 0.254 e. The summed E-state index contributed by atoms with van der Waals surface area (Å²) in [7, 11) is 0. The SMILES string of the molecule is Cc1nc(C)c(CC(=O)N[C@H](C)c2cccs2)c(=O)[nH]1. The Balaban J connectivity index is 2.07. The van der Waals surface area contributed by atoms with Crippen LogP contribution in [0.5, 0.6) is 0 Å². The Kier molecular flexibility index (Phi) is 4.34. The quantitative estimate of drug-likeness (QED) is 0.903. The van der Waals surface area contributed by atoms with Crippen LogP contribution in [0.4, 0.5) is 0 Å². The molecule has 2 aromatic heterocycles. The lowest BCUT2D eigenvalue weighted by molar-refractivity contribution is -0.121. The monoisotopic (exact) mass is 291 g/mol. The number of H-pyrrole nitrogens is 1. The van der Waals surface area contributed by atoms with Crippen LogP contribution in [0, 0.1) is 13.8 Å². The zero-order chi connectivity index (χ0) is 14.7. The van der Waals surface area contributed by atoms with Gasteiger partial charge in [-0.15, -0.1) is 11.3 Å². The highest BCUT2D eigenvalue weighted by Gasteiger charge is 2.14. The molecule has 2 N–H and O–H groups in total. The second-order valence-corrected chi connectivity index (χ2v) is 5.68. The van der Waals surface area contributed by atoms with Gasteiger partial charge in [0.1, 0.15) is 5.82 Å². The molecule has 1 amide bonds. The second-order valence-electron chi connectivity index (χ2n) is 4.70. The van der Waals surface area contributed by atoms with E-state index >= 15 is 0 Å². The molecule has 20 heavy (non-hydrogen) atoms. The third kappa shape index (κ3) is 3.33. The molecule has 0 radical (unpaired) electrons. The largest absolute Gasteiger partial charge is 0.348 e. The summed E-state index contributed by atoms with van der Waals surface area (Å²) >= 11 is 1.59. The van der Waals surface area contributed by atoms with Crippen molar-refractivity contribution in [3.63, 3.8) is 0 Å². The van der Waals surface area contributed by atoms with E-state index in [2.05, 4.69) is 15.3 Å². The van der Waals surface area contributed by atoms with Crippen molar-refractivity contribution in [2.45, 2.75) is 33.2 Å². The summed E-state index contributed by atoms with van der Waals surface area (Å²) in [5.74, 6) is 0.383. The molecule has 0 unspecified atom stereocenters. The van der Waals surface area contributed by atoms with Gasteiger partial charge in [-0.05, 0) is 32.2 Å². The fourth-order valence-electron chi connectivity index (χ4n) is 2.02. The van der Waals surface area contributed by atoms with Crippen LogP contribution in [0.25, 0.3) is 0 Å². The summed E-state index contributed by atoms with van der Waals surface area (Å²) in [6.07, 6.45) is 0.0458. The van der Waals surface area contributed by atoms with Gasteiger partial charge in [0.25, 0.3) is 5.56 Å². The number of nitrogens with zero attached hydrogens (tertiary/aromatic N) is 1. The average Bonchev–Trinajstić information content (AvgIpc) is 2.87. The summed E-state index contributed by atoms with van der Waals surface area (Å²) in [6, 6.07) is 3.86. The second kappa shape index (κ2) is 6.00. The average molecular weight is 291 g/mol. The number of aryl methyl sites for hydroxylation is 2. The Hall–Kier alpha value is -1.95. The number of carbonyl (C=O) groups excluding carboxylic acids is 1. The van der Waals surface area contributed by atoms with E-state index in [-0.39, 0.29) is 23.9 Å². The van der Waals surface area contributed by atoms with Crippen LogP contribution in [0.3, 0.4) is 0 Å². The van der Waals surface area contributed by atoms with Gasteiger partial charge < -0.3 is 10.3 Å². The summed E-state index contributed by atoms with van der Waals surface area (Å²) in [4.78, 5) is 31.8. The van der Waals surface area contributed by atoms with Crippen molar-refractivity contribution in [2.24, 2.45) is 0 Å². The van der Waals surface area contributed by atoms with Crippen molar-refractivity contribution >= 4 is 17.2 Å². The number of aromatic nitrogens is 2. The van der Waals surface area contributed by atoms with Crippen LogP contribution in [0.1, 0.15) is 34.9 Å². The van der Waals surface area contributed by atoms with Crippen LogP contribution in [-0.4, -0.2) is 15.9 Å². The maximum Gasteiger partial charge on any atom is 0.254 e. The van der Waals surface area contributed by atoms with Crippen LogP contribution in [-0.2, 0) is 11.2 Å². The predicted octanol–water partition coefficient (Wildman–Crippen LogP) is 1.87. The topological polar surface area (TPSA) is 74.8 Å². The zero-order valence-corrected chi connectivity index (χ0v) is 12.5. The highest BCUT2D eigenvalue weighted by atomic mass is 32.1. The predicted molar refractivity (Wildman–Crippen MR) is 78.9 cm³/mol. The molecule has 0 fully saturated rings.